The SMILES string of the molecule is Cc1c(C(C)(C)O[Si]C(C)(C)C)ccnc1Cl. The van der Waals surface area contributed by atoms with Gasteiger partial charge in [-0.05, 0) is 43.0 Å². The summed E-state index contributed by atoms with van der Waals surface area (Å²) in [5, 5.41) is 0.736. The van der Waals surface area contributed by atoms with Crippen LogP contribution in [-0.2, 0) is 10.0 Å². The summed E-state index contributed by atoms with van der Waals surface area (Å²) in [7, 11) is 0.448. The van der Waals surface area contributed by atoms with Crippen LogP contribution in [0, 0.1) is 6.92 Å². The molecule has 2 radical (unpaired) electrons. The summed E-state index contributed by atoms with van der Waals surface area (Å²) in [5.41, 5.74) is 1.77. The normalized spacial score (nSPS) is 12.9. The minimum atomic E-state index is -0.331. The van der Waals surface area contributed by atoms with Crippen LogP contribution in [-0.4, -0.2) is 14.7 Å². The van der Waals surface area contributed by atoms with Crippen molar-refractivity contribution in [2.24, 2.45) is 0 Å². The van der Waals surface area contributed by atoms with E-state index in [4.69, 9.17) is 16.0 Å². The Morgan fingerprint density at radius 2 is 1.82 bits per heavy atom. The van der Waals surface area contributed by atoms with Gasteiger partial charge in [-0.2, -0.15) is 0 Å². The number of halogens is 1. The van der Waals surface area contributed by atoms with Crippen molar-refractivity contribution in [1.82, 2.24) is 4.98 Å². The molecular weight excluding hydrogens is 250 g/mol. The second kappa shape index (κ2) is 5.08. The predicted molar refractivity (Wildman–Crippen MR) is 73.6 cm³/mol. The van der Waals surface area contributed by atoms with E-state index in [0.29, 0.717) is 14.9 Å². The van der Waals surface area contributed by atoms with Crippen molar-refractivity contribution in [2.45, 2.75) is 52.2 Å². The number of nitrogens with zero attached hydrogens (tertiary/aromatic N) is 1. The van der Waals surface area contributed by atoms with Crippen molar-refractivity contribution in [3.05, 3.63) is 28.5 Å². The average Bonchev–Trinajstić information content (AvgIpc) is 2.18. The molecule has 4 heteroatoms. The van der Waals surface area contributed by atoms with Crippen molar-refractivity contribution in [2.75, 3.05) is 0 Å². The van der Waals surface area contributed by atoms with Crippen LogP contribution in [0.5, 0.6) is 0 Å². The van der Waals surface area contributed by atoms with Crippen LogP contribution >= 0.6 is 11.6 Å². The predicted octanol–water partition coefficient (Wildman–Crippen LogP) is 4.13. The summed E-state index contributed by atoms with van der Waals surface area (Å²) in [6, 6.07) is 1.98. The average molecular weight is 270 g/mol. The maximum absolute atomic E-state index is 6.06. The highest BCUT2D eigenvalue weighted by atomic mass is 35.5. The van der Waals surface area contributed by atoms with Gasteiger partial charge in [0, 0.05) is 6.20 Å². The van der Waals surface area contributed by atoms with E-state index in [2.05, 4.69) is 39.6 Å². The van der Waals surface area contributed by atoms with Gasteiger partial charge >= 0.3 is 0 Å². The van der Waals surface area contributed by atoms with E-state index < -0.39 is 0 Å². The van der Waals surface area contributed by atoms with Crippen LogP contribution in [0.3, 0.4) is 0 Å². The zero-order chi connectivity index (χ0) is 13.3. The van der Waals surface area contributed by atoms with Gasteiger partial charge in [-0.25, -0.2) is 4.98 Å². The Labute approximate surface area is 112 Å². The summed E-state index contributed by atoms with van der Waals surface area (Å²) in [6.07, 6.45) is 1.73. The number of pyridine rings is 1. The molecule has 0 saturated carbocycles. The minimum Gasteiger partial charge on any atom is -0.408 e. The molecule has 1 aromatic heterocycles. The Morgan fingerprint density at radius 3 is 2.35 bits per heavy atom. The van der Waals surface area contributed by atoms with E-state index in [1.54, 1.807) is 6.20 Å². The molecule has 1 rings (SSSR count). The molecule has 0 amide bonds. The molecular formula is C13H20ClNOSi. The zero-order valence-electron chi connectivity index (χ0n) is 11.4. The number of rotatable bonds is 3. The third kappa shape index (κ3) is 4.09. The van der Waals surface area contributed by atoms with Gasteiger partial charge in [0.25, 0.3) is 0 Å². The topological polar surface area (TPSA) is 22.1 Å². The lowest BCUT2D eigenvalue weighted by molar-refractivity contribution is 0.108. The van der Waals surface area contributed by atoms with Crippen LogP contribution < -0.4 is 0 Å². The van der Waals surface area contributed by atoms with E-state index in [1.165, 1.54) is 0 Å². The summed E-state index contributed by atoms with van der Waals surface area (Å²) in [5.74, 6) is 0. The highest BCUT2D eigenvalue weighted by molar-refractivity contribution is 6.32. The fraction of sp³-hybridized carbons (Fsp3) is 0.615. The monoisotopic (exact) mass is 269 g/mol. The van der Waals surface area contributed by atoms with E-state index >= 15 is 0 Å². The summed E-state index contributed by atoms with van der Waals surface area (Å²) < 4.78 is 6.06. The minimum absolute atomic E-state index is 0.183. The van der Waals surface area contributed by atoms with Crippen molar-refractivity contribution in [1.29, 1.82) is 0 Å². The van der Waals surface area contributed by atoms with Gasteiger partial charge in [-0.1, -0.05) is 32.4 Å². The molecule has 94 valence electrons. The maximum atomic E-state index is 6.06. The first kappa shape index (κ1) is 14.7. The number of hydrogen-bond donors (Lipinski definition) is 0. The first-order valence-electron chi connectivity index (χ1n) is 5.70. The van der Waals surface area contributed by atoms with Gasteiger partial charge in [-0.3, -0.25) is 0 Å². The van der Waals surface area contributed by atoms with E-state index in [0.717, 1.165) is 11.1 Å². The Balaban J connectivity index is 2.93. The second-order valence-corrected chi connectivity index (χ2v) is 8.01. The van der Waals surface area contributed by atoms with Crippen LogP contribution in [0.15, 0.2) is 12.3 Å². The van der Waals surface area contributed by atoms with Crippen LogP contribution in [0.25, 0.3) is 0 Å². The van der Waals surface area contributed by atoms with Gasteiger partial charge < -0.3 is 4.43 Å². The molecule has 0 fully saturated rings. The standard InChI is InChI=1S/C13H20ClNOSi/c1-9-10(7-8-15-11(9)14)13(5,6)16-17-12(2,3)4/h7-8H,1-6H3. The van der Waals surface area contributed by atoms with E-state index in [1.807, 2.05) is 13.0 Å². The molecule has 1 aromatic rings. The summed E-state index contributed by atoms with van der Waals surface area (Å²) in [4.78, 5) is 4.07. The van der Waals surface area contributed by atoms with Gasteiger partial charge in [0.1, 0.15) is 5.15 Å². The Morgan fingerprint density at radius 1 is 1.24 bits per heavy atom. The van der Waals surface area contributed by atoms with Crippen molar-refractivity contribution in [3.8, 4) is 0 Å². The number of hydrogen-bond acceptors (Lipinski definition) is 2. The molecule has 0 saturated heterocycles. The quantitative estimate of drug-likeness (QED) is 0.608. The fourth-order valence-electron chi connectivity index (χ4n) is 1.50. The van der Waals surface area contributed by atoms with Gasteiger partial charge in [0.05, 0.1) is 5.60 Å². The molecule has 0 spiro atoms. The van der Waals surface area contributed by atoms with Gasteiger partial charge in [0.2, 0.25) is 9.76 Å². The van der Waals surface area contributed by atoms with Crippen LogP contribution in [0.2, 0.25) is 10.2 Å². The number of aromatic nitrogens is 1. The summed E-state index contributed by atoms with van der Waals surface area (Å²) in [6.45, 7) is 12.7. The molecule has 0 N–H and O–H groups in total. The molecule has 2 nitrogen and oxygen atoms in total. The van der Waals surface area contributed by atoms with Gasteiger partial charge in [0.15, 0.2) is 0 Å². The molecule has 0 aromatic carbocycles. The molecule has 0 bridgehead atoms. The molecule has 0 unspecified atom stereocenters. The van der Waals surface area contributed by atoms with Crippen molar-refractivity contribution >= 4 is 21.4 Å². The molecule has 0 aliphatic carbocycles. The third-order valence-corrected chi connectivity index (χ3v) is 4.01. The highest BCUT2D eigenvalue weighted by Gasteiger charge is 2.27. The lowest BCUT2D eigenvalue weighted by atomic mass is 9.96. The van der Waals surface area contributed by atoms with E-state index in [-0.39, 0.29) is 10.6 Å². The van der Waals surface area contributed by atoms with Crippen LogP contribution in [0.4, 0.5) is 0 Å². The van der Waals surface area contributed by atoms with Crippen LogP contribution in [0.1, 0.15) is 45.7 Å². The first-order chi connectivity index (χ1) is 7.63. The van der Waals surface area contributed by atoms with Crippen molar-refractivity contribution < 1.29 is 4.43 Å². The molecule has 0 aliphatic rings. The third-order valence-electron chi connectivity index (χ3n) is 2.40. The Kier molecular flexibility index (Phi) is 4.39. The lowest BCUT2D eigenvalue weighted by Gasteiger charge is -2.30. The summed E-state index contributed by atoms with van der Waals surface area (Å²) >= 11 is 6.05. The molecule has 17 heavy (non-hydrogen) atoms. The zero-order valence-corrected chi connectivity index (χ0v) is 13.1. The fourth-order valence-corrected chi connectivity index (χ4v) is 2.33. The Hall–Kier alpha value is -0.383. The largest absolute Gasteiger partial charge is 0.408 e. The first-order valence-corrected chi connectivity index (χ1v) is 6.99. The Bertz CT molecular complexity index is 399. The highest BCUT2D eigenvalue weighted by Crippen LogP contribution is 2.32. The second-order valence-electron chi connectivity index (χ2n) is 5.74. The maximum Gasteiger partial charge on any atom is 0.236 e. The molecule has 1 heterocycles. The van der Waals surface area contributed by atoms with Gasteiger partial charge in [-0.15, -0.1) is 0 Å². The molecule has 0 atom stereocenters. The van der Waals surface area contributed by atoms with E-state index in [9.17, 15) is 0 Å². The van der Waals surface area contributed by atoms with Crippen molar-refractivity contribution in [3.63, 3.8) is 0 Å². The lowest BCUT2D eigenvalue weighted by Crippen LogP contribution is -2.28. The molecule has 0 aliphatic heterocycles. The smallest absolute Gasteiger partial charge is 0.236 e.